The van der Waals surface area contributed by atoms with E-state index in [4.69, 9.17) is 9.47 Å². The number of anilines is 1. The Morgan fingerprint density at radius 1 is 1.25 bits per heavy atom. The van der Waals surface area contributed by atoms with Crippen molar-refractivity contribution in [1.29, 1.82) is 0 Å². The molecule has 6 heteroatoms. The zero-order valence-corrected chi connectivity index (χ0v) is 14.4. The van der Waals surface area contributed by atoms with E-state index in [1.807, 2.05) is 29.2 Å². The zero-order chi connectivity index (χ0) is 16.8. The highest BCUT2D eigenvalue weighted by atomic mass is 16.5. The van der Waals surface area contributed by atoms with Crippen molar-refractivity contribution < 1.29 is 14.3 Å². The van der Waals surface area contributed by atoms with Crippen LogP contribution in [0.1, 0.15) is 19.3 Å². The van der Waals surface area contributed by atoms with Crippen LogP contribution in [0.15, 0.2) is 24.3 Å². The minimum Gasteiger partial charge on any atom is -0.491 e. The summed E-state index contributed by atoms with van der Waals surface area (Å²) in [5, 5.41) is 3.00. The minimum absolute atomic E-state index is 0.0192. The lowest BCUT2D eigenvalue weighted by Crippen LogP contribution is -2.56. The van der Waals surface area contributed by atoms with Crippen LogP contribution in [0.25, 0.3) is 0 Å². The molecule has 2 aliphatic heterocycles. The molecule has 1 N–H and O–H groups in total. The number of fused-ring (bicyclic) bond motifs is 1. The van der Waals surface area contributed by atoms with E-state index in [9.17, 15) is 4.79 Å². The number of carbonyl (C=O) groups excluding carboxylic acids is 1. The molecule has 0 radical (unpaired) electrons. The monoisotopic (exact) mass is 333 g/mol. The highest BCUT2D eigenvalue weighted by molar-refractivity contribution is 5.89. The van der Waals surface area contributed by atoms with Crippen LogP contribution in [0.5, 0.6) is 5.75 Å². The SMILES string of the molecule is COCCOc1cccc(NC(=O)N2CCN3CCCCC3C2)c1. The summed E-state index contributed by atoms with van der Waals surface area (Å²) >= 11 is 0. The van der Waals surface area contributed by atoms with Crippen LogP contribution in [-0.2, 0) is 4.74 Å². The number of hydrogen-bond donors (Lipinski definition) is 1. The number of benzene rings is 1. The second-order valence-electron chi connectivity index (χ2n) is 6.43. The lowest BCUT2D eigenvalue weighted by molar-refractivity contribution is 0.0678. The van der Waals surface area contributed by atoms with Gasteiger partial charge in [-0.25, -0.2) is 4.79 Å². The fraction of sp³-hybridized carbons (Fsp3) is 0.611. The number of carbonyl (C=O) groups is 1. The van der Waals surface area contributed by atoms with Crippen molar-refractivity contribution in [3.63, 3.8) is 0 Å². The first-order valence-electron chi connectivity index (χ1n) is 8.78. The van der Waals surface area contributed by atoms with Gasteiger partial charge in [-0.3, -0.25) is 4.90 Å². The van der Waals surface area contributed by atoms with Gasteiger partial charge >= 0.3 is 6.03 Å². The third-order valence-electron chi connectivity index (χ3n) is 4.77. The Balaban J connectivity index is 1.53. The van der Waals surface area contributed by atoms with Crippen molar-refractivity contribution in [3.8, 4) is 5.75 Å². The molecule has 6 nitrogen and oxygen atoms in total. The third-order valence-corrected chi connectivity index (χ3v) is 4.77. The van der Waals surface area contributed by atoms with Gasteiger partial charge in [0.2, 0.25) is 0 Å². The first-order chi connectivity index (χ1) is 11.8. The average molecular weight is 333 g/mol. The summed E-state index contributed by atoms with van der Waals surface area (Å²) in [7, 11) is 1.64. The number of amides is 2. The lowest BCUT2D eigenvalue weighted by Gasteiger charge is -2.43. The third kappa shape index (κ3) is 4.39. The average Bonchev–Trinajstić information content (AvgIpc) is 2.62. The molecule has 2 amide bonds. The fourth-order valence-electron chi connectivity index (χ4n) is 3.45. The fourth-order valence-corrected chi connectivity index (χ4v) is 3.45. The molecule has 0 spiro atoms. The summed E-state index contributed by atoms with van der Waals surface area (Å²) in [6, 6.07) is 8.02. The number of piperidine rings is 1. The Kier molecular flexibility index (Phi) is 5.93. The molecule has 2 saturated heterocycles. The van der Waals surface area contributed by atoms with E-state index in [1.54, 1.807) is 7.11 Å². The molecular weight excluding hydrogens is 306 g/mol. The van der Waals surface area contributed by atoms with Crippen molar-refractivity contribution in [2.75, 3.05) is 51.8 Å². The van der Waals surface area contributed by atoms with E-state index in [0.29, 0.717) is 19.3 Å². The van der Waals surface area contributed by atoms with Crippen molar-refractivity contribution in [1.82, 2.24) is 9.80 Å². The highest BCUT2D eigenvalue weighted by Gasteiger charge is 2.30. The molecule has 1 atom stereocenters. The zero-order valence-electron chi connectivity index (χ0n) is 14.4. The van der Waals surface area contributed by atoms with Gasteiger partial charge in [-0.05, 0) is 31.5 Å². The Bertz CT molecular complexity index is 552. The second kappa shape index (κ2) is 8.35. The molecule has 0 bridgehead atoms. The van der Waals surface area contributed by atoms with Crippen LogP contribution in [-0.4, -0.2) is 68.4 Å². The summed E-state index contributed by atoms with van der Waals surface area (Å²) in [6.45, 7) is 4.83. The molecule has 2 fully saturated rings. The van der Waals surface area contributed by atoms with E-state index < -0.39 is 0 Å². The van der Waals surface area contributed by atoms with Gasteiger partial charge in [-0.15, -0.1) is 0 Å². The van der Waals surface area contributed by atoms with Gasteiger partial charge in [-0.2, -0.15) is 0 Å². The summed E-state index contributed by atoms with van der Waals surface area (Å²) in [6.07, 6.45) is 3.77. The molecule has 1 aromatic rings. The number of nitrogens with one attached hydrogen (secondary N) is 1. The van der Waals surface area contributed by atoms with E-state index >= 15 is 0 Å². The van der Waals surface area contributed by atoms with Gasteiger partial charge in [0.05, 0.1) is 6.61 Å². The number of piperazine rings is 1. The van der Waals surface area contributed by atoms with Gasteiger partial charge in [0.25, 0.3) is 0 Å². The lowest BCUT2D eigenvalue weighted by atomic mass is 10.00. The van der Waals surface area contributed by atoms with Gasteiger partial charge < -0.3 is 19.7 Å². The highest BCUT2D eigenvalue weighted by Crippen LogP contribution is 2.22. The maximum Gasteiger partial charge on any atom is 0.321 e. The minimum atomic E-state index is -0.0192. The van der Waals surface area contributed by atoms with Gasteiger partial charge in [0.1, 0.15) is 12.4 Å². The Labute approximate surface area is 143 Å². The predicted octanol–water partition coefficient (Wildman–Crippen LogP) is 2.41. The van der Waals surface area contributed by atoms with Gasteiger partial charge in [-0.1, -0.05) is 12.5 Å². The number of nitrogens with zero attached hydrogens (tertiary/aromatic N) is 2. The molecule has 1 unspecified atom stereocenters. The van der Waals surface area contributed by atoms with Crippen LogP contribution >= 0.6 is 0 Å². The number of hydrogen-bond acceptors (Lipinski definition) is 4. The number of methoxy groups -OCH3 is 1. The summed E-state index contributed by atoms with van der Waals surface area (Å²) < 4.78 is 10.6. The summed E-state index contributed by atoms with van der Waals surface area (Å²) in [4.78, 5) is 17.0. The van der Waals surface area contributed by atoms with Crippen LogP contribution in [0, 0.1) is 0 Å². The van der Waals surface area contributed by atoms with E-state index in [-0.39, 0.29) is 6.03 Å². The molecular formula is C18H27N3O3. The van der Waals surface area contributed by atoms with Crippen LogP contribution in [0.2, 0.25) is 0 Å². The molecule has 0 aliphatic carbocycles. The molecule has 2 aliphatic rings. The van der Waals surface area contributed by atoms with Crippen molar-refractivity contribution in [2.45, 2.75) is 25.3 Å². The standard InChI is InChI=1S/C18H27N3O3/c1-23-11-12-24-17-7-4-5-15(13-17)19-18(22)21-10-9-20-8-3-2-6-16(20)14-21/h4-5,7,13,16H,2-3,6,8-12,14H2,1H3,(H,19,22). The van der Waals surface area contributed by atoms with E-state index in [2.05, 4.69) is 10.2 Å². The van der Waals surface area contributed by atoms with Crippen molar-refractivity contribution in [2.24, 2.45) is 0 Å². The summed E-state index contributed by atoms with van der Waals surface area (Å²) in [5.74, 6) is 0.738. The molecule has 1 aromatic carbocycles. The molecule has 0 aromatic heterocycles. The first kappa shape index (κ1) is 17.0. The van der Waals surface area contributed by atoms with Gasteiger partial charge in [0, 0.05) is 44.5 Å². The maximum absolute atomic E-state index is 12.5. The first-order valence-corrected chi connectivity index (χ1v) is 8.78. The van der Waals surface area contributed by atoms with Crippen LogP contribution in [0.4, 0.5) is 10.5 Å². The predicted molar refractivity (Wildman–Crippen MR) is 93.6 cm³/mol. The number of ether oxygens (including phenoxy) is 2. The number of urea groups is 1. The van der Waals surface area contributed by atoms with Crippen molar-refractivity contribution in [3.05, 3.63) is 24.3 Å². The molecule has 2 heterocycles. The maximum atomic E-state index is 12.5. The Morgan fingerprint density at radius 2 is 2.17 bits per heavy atom. The van der Waals surface area contributed by atoms with E-state index in [1.165, 1.54) is 25.8 Å². The van der Waals surface area contributed by atoms with Crippen LogP contribution in [0.3, 0.4) is 0 Å². The molecule has 132 valence electrons. The van der Waals surface area contributed by atoms with Crippen LogP contribution < -0.4 is 10.1 Å². The van der Waals surface area contributed by atoms with E-state index in [0.717, 1.165) is 31.1 Å². The smallest absolute Gasteiger partial charge is 0.321 e. The number of rotatable bonds is 5. The molecule has 3 rings (SSSR count). The Morgan fingerprint density at radius 3 is 3.04 bits per heavy atom. The summed E-state index contributed by atoms with van der Waals surface area (Å²) in [5.41, 5.74) is 0.765. The molecule has 24 heavy (non-hydrogen) atoms. The normalized spacial score (nSPS) is 21.2. The Hall–Kier alpha value is -1.79. The topological polar surface area (TPSA) is 54.0 Å². The molecule has 0 saturated carbocycles. The van der Waals surface area contributed by atoms with Crippen molar-refractivity contribution >= 4 is 11.7 Å². The van der Waals surface area contributed by atoms with Gasteiger partial charge in [0.15, 0.2) is 0 Å². The quantitative estimate of drug-likeness (QED) is 0.841. The largest absolute Gasteiger partial charge is 0.491 e. The second-order valence-corrected chi connectivity index (χ2v) is 6.43.